The standard InChI is InChI=1S/C24H27FN4O2/c25-22-4-2-1-3-19(22)9-13-27-24(31)20-10-14-29(15-11-20)16-12-23(30)28-21-7-5-18(17-26)6-8-21/h1-8,20H,9-16H2,(H,27,31)(H,28,30). The Balaban J connectivity index is 1.32. The van der Waals surface area contributed by atoms with Gasteiger partial charge in [0.25, 0.3) is 0 Å². The molecular weight excluding hydrogens is 395 g/mol. The van der Waals surface area contributed by atoms with E-state index in [0.29, 0.717) is 42.7 Å². The molecule has 0 aliphatic carbocycles. The second-order valence-corrected chi connectivity index (χ2v) is 7.74. The zero-order chi connectivity index (χ0) is 22.1. The molecule has 0 spiro atoms. The van der Waals surface area contributed by atoms with Crippen molar-refractivity contribution in [3.8, 4) is 6.07 Å². The van der Waals surface area contributed by atoms with Crippen LogP contribution in [0.25, 0.3) is 0 Å². The minimum atomic E-state index is -0.242. The summed E-state index contributed by atoms with van der Waals surface area (Å²) in [5.41, 5.74) is 1.84. The van der Waals surface area contributed by atoms with Gasteiger partial charge in [0, 0.05) is 31.1 Å². The zero-order valence-electron chi connectivity index (χ0n) is 17.4. The first kappa shape index (κ1) is 22.4. The number of amides is 2. The molecule has 6 nitrogen and oxygen atoms in total. The average Bonchev–Trinajstić information content (AvgIpc) is 2.80. The number of hydrogen-bond donors (Lipinski definition) is 2. The Morgan fingerprint density at radius 2 is 1.81 bits per heavy atom. The van der Waals surface area contributed by atoms with E-state index >= 15 is 0 Å². The summed E-state index contributed by atoms with van der Waals surface area (Å²) in [6.45, 7) is 2.62. The van der Waals surface area contributed by atoms with Gasteiger partial charge in [-0.05, 0) is 68.2 Å². The Kier molecular flexibility index (Phi) is 8.13. The highest BCUT2D eigenvalue weighted by atomic mass is 19.1. The number of nitrogens with zero attached hydrogens (tertiary/aromatic N) is 2. The number of carbonyl (C=O) groups is 2. The lowest BCUT2D eigenvalue weighted by atomic mass is 9.95. The van der Waals surface area contributed by atoms with Gasteiger partial charge in [-0.2, -0.15) is 5.26 Å². The summed E-state index contributed by atoms with van der Waals surface area (Å²) in [6.07, 6.45) is 2.36. The molecule has 0 unspecified atom stereocenters. The summed E-state index contributed by atoms with van der Waals surface area (Å²) in [4.78, 5) is 26.7. The van der Waals surface area contributed by atoms with E-state index in [9.17, 15) is 14.0 Å². The van der Waals surface area contributed by atoms with Crippen LogP contribution in [0.3, 0.4) is 0 Å². The van der Waals surface area contributed by atoms with Crippen molar-refractivity contribution in [1.29, 1.82) is 5.26 Å². The predicted molar refractivity (Wildman–Crippen MR) is 117 cm³/mol. The van der Waals surface area contributed by atoms with Crippen LogP contribution < -0.4 is 10.6 Å². The summed E-state index contributed by atoms with van der Waals surface area (Å²) >= 11 is 0. The molecule has 7 heteroatoms. The van der Waals surface area contributed by atoms with Crippen LogP contribution in [0.1, 0.15) is 30.4 Å². The van der Waals surface area contributed by atoms with E-state index in [4.69, 9.17) is 5.26 Å². The predicted octanol–water partition coefficient (Wildman–Crippen LogP) is 3.10. The highest BCUT2D eigenvalue weighted by Gasteiger charge is 2.24. The first-order valence-electron chi connectivity index (χ1n) is 10.6. The maximum atomic E-state index is 13.6. The van der Waals surface area contributed by atoms with E-state index in [1.54, 1.807) is 42.5 Å². The van der Waals surface area contributed by atoms with Crippen LogP contribution in [-0.2, 0) is 16.0 Å². The molecule has 1 aliphatic rings. The maximum Gasteiger partial charge on any atom is 0.225 e. The van der Waals surface area contributed by atoms with Crippen molar-refractivity contribution in [3.05, 3.63) is 65.5 Å². The number of nitriles is 1. The molecule has 3 rings (SSSR count). The van der Waals surface area contributed by atoms with Gasteiger partial charge in [-0.15, -0.1) is 0 Å². The van der Waals surface area contributed by atoms with Gasteiger partial charge in [-0.25, -0.2) is 4.39 Å². The summed E-state index contributed by atoms with van der Waals surface area (Å²) < 4.78 is 13.6. The van der Waals surface area contributed by atoms with E-state index in [1.165, 1.54) is 6.07 Å². The lowest BCUT2D eigenvalue weighted by Gasteiger charge is -2.31. The van der Waals surface area contributed by atoms with Gasteiger partial charge in [-0.3, -0.25) is 9.59 Å². The van der Waals surface area contributed by atoms with Gasteiger partial charge in [0.1, 0.15) is 5.82 Å². The average molecular weight is 423 g/mol. The highest BCUT2D eigenvalue weighted by Crippen LogP contribution is 2.18. The molecule has 162 valence electrons. The molecule has 31 heavy (non-hydrogen) atoms. The van der Waals surface area contributed by atoms with Gasteiger partial charge < -0.3 is 15.5 Å². The number of benzene rings is 2. The summed E-state index contributed by atoms with van der Waals surface area (Å²) in [6, 6.07) is 15.4. The number of piperidine rings is 1. The van der Waals surface area contributed by atoms with E-state index in [-0.39, 0.29) is 23.5 Å². The Morgan fingerprint density at radius 3 is 2.48 bits per heavy atom. The molecule has 0 radical (unpaired) electrons. The first-order valence-corrected chi connectivity index (χ1v) is 10.6. The third kappa shape index (κ3) is 6.90. The van der Waals surface area contributed by atoms with Crippen molar-refractivity contribution in [1.82, 2.24) is 10.2 Å². The lowest BCUT2D eigenvalue weighted by Crippen LogP contribution is -2.41. The Hall–Kier alpha value is -3.24. The number of likely N-dealkylation sites (tertiary alicyclic amines) is 1. The minimum Gasteiger partial charge on any atom is -0.356 e. The molecule has 1 fully saturated rings. The topological polar surface area (TPSA) is 85.2 Å². The van der Waals surface area contributed by atoms with Crippen molar-refractivity contribution in [3.63, 3.8) is 0 Å². The molecule has 1 aliphatic heterocycles. The van der Waals surface area contributed by atoms with Crippen molar-refractivity contribution < 1.29 is 14.0 Å². The minimum absolute atomic E-state index is 0.0227. The fourth-order valence-corrected chi connectivity index (χ4v) is 3.70. The van der Waals surface area contributed by atoms with Gasteiger partial charge in [-0.1, -0.05) is 18.2 Å². The largest absolute Gasteiger partial charge is 0.356 e. The number of hydrogen-bond acceptors (Lipinski definition) is 4. The summed E-state index contributed by atoms with van der Waals surface area (Å²) in [7, 11) is 0. The molecule has 0 atom stereocenters. The van der Waals surface area contributed by atoms with Crippen LogP contribution in [0, 0.1) is 23.1 Å². The van der Waals surface area contributed by atoms with Crippen molar-refractivity contribution in [2.75, 3.05) is 31.5 Å². The van der Waals surface area contributed by atoms with Crippen LogP contribution in [0.15, 0.2) is 48.5 Å². The van der Waals surface area contributed by atoms with E-state index < -0.39 is 0 Å². The molecule has 0 bridgehead atoms. The van der Waals surface area contributed by atoms with Crippen LogP contribution in [-0.4, -0.2) is 42.9 Å². The van der Waals surface area contributed by atoms with Gasteiger partial charge in [0.05, 0.1) is 11.6 Å². The molecule has 1 heterocycles. The lowest BCUT2D eigenvalue weighted by molar-refractivity contribution is -0.126. The van der Waals surface area contributed by atoms with Crippen LogP contribution in [0.2, 0.25) is 0 Å². The number of anilines is 1. The van der Waals surface area contributed by atoms with Crippen molar-refractivity contribution in [2.45, 2.75) is 25.7 Å². The number of rotatable bonds is 8. The fraction of sp³-hybridized carbons (Fsp3) is 0.375. The Bertz CT molecular complexity index is 931. The molecule has 2 aromatic carbocycles. The normalized spacial score (nSPS) is 14.6. The highest BCUT2D eigenvalue weighted by molar-refractivity contribution is 5.90. The SMILES string of the molecule is N#Cc1ccc(NC(=O)CCN2CCC(C(=O)NCCc3ccccc3F)CC2)cc1. The third-order valence-corrected chi connectivity index (χ3v) is 5.56. The van der Waals surface area contributed by atoms with Crippen LogP contribution in [0.5, 0.6) is 0 Å². The first-order chi connectivity index (χ1) is 15.0. The fourth-order valence-electron chi connectivity index (χ4n) is 3.70. The Labute approximate surface area is 182 Å². The maximum absolute atomic E-state index is 13.6. The molecule has 0 saturated carbocycles. The van der Waals surface area contributed by atoms with Gasteiger partial charge >= 0.3 is 0 Å². The number of carbonyl (C=O) groups excluding carboxylic acids is 2. The monoisotopic (exact) mass is 422 g/mol. The smallest absolute Gasteiger partial charge is 0.225 e. The van der Waals surface area contributed by atoms with Crippen molar-refractivity contribution >= 4 is 17.5 Å². The zero-order valence-corrected chi connectivity index (χ0v) is 17.4. The molecule has 1 saturated heterocycles. The molecule has 0 aromatic heterocycles. The number of halogens is 1. The summed E-state index contributed by atoms with van der Waals surface area (Å²) in [5.74, 6) is -0.329. The van der Waals surface area contributed by atoms with Gasteiger partial charge in [0.2, 0.25) is 11.8 Å². The van der Waals surface area contributed by atoms with Crippen molar-refractivity contribution in [2.24, 2.45) is 5.92 Å². The van der Waals surface area contributed by atoms with Crippen LogP contribution in [0.4, 0.5) is 10.1 Å². The van der Waals surface area contributed by atoms with Gasteiger partial charge in [0.15, 0.2) is 0 Å². The quantitative estimate of drug-likeness (QED) is 0.685. The second kappa shape index (κ2) is 11.2. The second-order valence-electron chi connectivity index (χ2n) is 7.74. The van der Waals surface area contributed by atoms with E-state index in [2.05, 4.69) is 15.5 Å². The number of nitrogens with one attached hydrogen (secondary N) is 2. The van der Waals surface area contributed by atoms with E-state index in [1.807, 2.05) is 6.07 Å². The van der Waals surface area contributed by atoms with Crippen LogP contribution >= 0.6 is 0 Å². The molecule has 2 aromatic rings. The molecule has 2 N–H and O–H groups in total. The molecule has 2 amide bonds. The summed E-state index contributed by atoms with van der Waals surface area (Å²) in [5, 5.41) is 14.6. The molecular formula is C24H27FN4O2. The van der Waals surface area contributed by atoms with E-state index in [0.717, 1.165) is 25.9 Å². The Morgan fingerprint density at radius 1 is 1.10 bits per heavy atom. The third-order valence-electron chi connectivity index (χ3n) is 5.56.